The van der Waals surface area contributed by atoms with Crippen molar-refractivity contribution >= 4 is 11.7 Å². The van der Waals surface area contributed by atoms with E-state index >= 15 is 0 Å². The number of urea groups is 1. The van der Waals surface area contributed by atoms with E-state index in [2.05, 4.69) is 20.5 Å². The van der Waals surface area contributed by atoms with Gasteiger partial charge in [0.1, 0.15) is 0 Å². The smallest absolute Gasteiger partial charge is 0.387 e. The van der Waals surface area contributed by atoms with E-state index in [-0.39, 0.29) is 6.54 Å². The SMILES string of the molecule is Cc1cc(CNC(=O)Nc2cc(F)c(OC(F)F)cc2F)n(C)n1. The number of nitrogens with zero attached hydrogens (tertiary/aromatic N) is 2. The fourth-order valence-corrected chi connectivity index (χ4v) is 1.98. The monoisotopic (exact) mass is 346 g/mol. The standard InChI is InChI=1S/C14H14F4N4O2/c1-7-3-8(22(2)21-7)6-19-14(23)20-11-4-10(16)12(5-9(11)15)24-13(17)18/h3-5,13H,6H2,1-2H3,(H2,19,20,23). The van der Waals surface area contributed by atoms with Crippen molar-refractivity contribution in [1.29, 1.82) is 0 Å². The third-order valence-corrected chi connectivity index (χ3v) is 3.01. The van der Waals surface area contributed by atoms with E-state index in [4.69, 9.17) is 0 Å². The van der Waals surface area contributed by atoms with Crippen molar-refractivity contribution in [2.75, 3.05) is 5.32 Å². The summed E-state index contributed by atoms with van der Waals surface area (Å²) in [6.07, 6.45) is 0. The lowest BCUT2D eigenvalue weighted by atomic mass is 10.2. The molecule has 0 aliphatic heterocycles. The number of aromatic nitrogens is 2. The van der Waals surface area contributed by atoms with Crippen LogP contribution < -0.4 is 15.4 Å². The van der Waals surface area contributed by atoms with Crippen LogP contribution in [0.15, 0.2) is 18.2 Å². The van der Waals surface area contributed by atoms with Gasteiger partial charge in [0.15, 0.2) is 17.4 Å². The molecule has 1 aromatic heterocycles. The van der Waals surface area contributed by atoms with Gasteiger partial charge < -0.3 is 15.4 Å². The number of alkyl halides is 2. The van der Waals surface area contributed by atoms with Gasteiger partial charge in [0.25, 0.3) is 0 Å². The van der Waals surface area contributed by atoms with Crippen molar-refractivity contribution in [2.24, 2.45) is 7.05 Å². The lowest BCUT2D eigenvalue weighted by Crippen LogP contribution is -2.29. The molecule has 24 heavy (non-hydrogen) atoms. The average Bonchev–Trinajstić information content (AvgIpc) is 2.79. The van der Waals surface area contributed by atoms with Crippen molar-refractivity contribution < 1.29 is 27.1 Å². The quantitative estimate of drug-likeness (QED) is 0.818. The lowest BCUT2D eigenvalue weighted by molar-refractivity contribution is -0.0523. The zero-order valence-corrected chi connectivity index (χ0v) is 12.7. The number of hydrogen-bond donors (Lipinski definition) is 2. The number of carbonyl (C=O) groups excluding carboxylic acids is 1. The molecule has 0 radical (unpaired) electrons. The molecule has 2 rings (SSSR count). The normalized spacial score (nSPS) is 10.8. The second-order valence-corrected chi connectivity index (χ2v) is 4.85. The lowest BCUT2D eigenvalue weighted by Gasteiger charge is -2.11. The highest BCUT2D eigenvalue weighted by atomic mass is 19.3. The number of nitrogens with one attached hydrogen (secondary N) is 2. The van der Waals surface area contributed by atoms with Gasteiger partial charge in [0.05, 0.1) is 23.6 Å². The van der Waals surface area contributed by atoms with Crippen LogP contribution >= 0.6 is 0 Å². The summed E-state index contributed by atoms with van der Waals surface area (Å²) in [6.45, 7) is -1.40. The van der Waals surface area contributed by atoms with Gasteiger partial charge >= 0.3 is 12.6 Å². The summed E-state index contributed by atoms with van der Waals surface area (Å²) in [5.74, 6) is -3.29. The van der Waals surface area contributed by atoms with Crippen LogP contribution in [0, 0.1) is 18.6 Å². The van der Waals surface area contributed by atoms with E-state index in [1.54, 1.807) is 24.7 Å². The molecule has 0 aliphatic rings. The Morgan fingerprint density at radius 1 is 1.29 bits per heavy atom. The highest BCUT2D eigenvalue weighted by molar-refractivity contribution is 5.89. The van der Waals surface area contributed by atoms with Gasteiger partial charge in [-0.3, -0.25) is 4.68 Å². The van der Waals surface area contributed by atoms with E-state index in [0.717, 1.165) is 5.69 Å². The summed E-state index contributed by atoms with van der Waals surface area (Å²) in [7, 11) is 1.69. The fraction of sp³-hybridized carbons (Fsp3) is 0.286. The van der Waals surface area contributed by atoms with Crippen molar-refractivity contribution in [1.82, 2.24) is 15.1 Å². The molecule has 0 saturated heterocycles. The summed E-state index contributed by atoms with van der Waals surface area (Å²) in [4.78, 5) is 11.7. The molecule has 6 nitrogen and oxygen atoms in total. The number of aryl methyl sites for hydroxylation is 2. The van der Waals surface area contributed by atoms with Crippen LogP contribution in [0.5, 0.6) is 5.75 Å². The van der Waals surface area contributed by atoms with E-state index < -0.39 is 35.7 Å². The van der Waals surface area contributed by atoms with E-state index in [0.29, 0.717) is 17.8 Å². The first kappa shape index (κ1) is 17.6. The molecule has 0 saturated carbocycles. The number of anilines is 1. The van der Waals surface area contributed by atoms with Crippen LogP contribution in [0.1, 0.15) is 11.4 Å². The predicted octanol–water partition coefficient (Wildman–Crippen LogP) is 2.93. The number of rotatable bonds is 5. The van der Waals surface area contributed by atoms with Crippen LogP contribution in [0.2, 0.25) is 0 Å². The third kappa shape index (κ3) is 4.37. The van der Waals surface area contributed by atoms with Crippen LogP contribution in [0.4, 0.5) is 28.0 Å². The first-order valence-corrected chi connectivity index (χ1v) is 6.74. The Bertz CT molecular complexity index is 749. The molecule has 0 bridgehead atoms. The maximum absolute atomic E-state index is 13.7. The number of hydrogen-bond acceptors (Lipinski definition) is 3. The van der Waals surface area contributed by atoms with Crippen molar-refractivity contribution in [3.05, 3.63) is 41.2 Å². The molecule has 130 valence electrons. The molecule has 0 spiro atoms. The Kier molecular flexibility index (Phi) is 5.27. The molecule has 2 N–H and O–H groups in total. The molecule has 1 aromatic carbocycles. The first-order valence-electron chi connectivity index (χ1n) is 6.74. The average molecular weight is 346 g/mol. The van der Waals surface area contributed by atoms with E-state index in [1.165, 1.54) is 0 Å². The molecular weight excluding hydrogens is 332 g/mol. The van der Waals surface area contributed by atoms with Gasteiger partial charge in [0, 0.05) is 19.2 Å². The number of benzene rings is 1. The minimum Gasteiger partial charge on any atom is -0.432 e. The van der Waals surface area contributed by atoms with Crippen LogP contribution in [-0.2, 0) is 13.6 Å². The summed E-state index contributed by atoms with van der Waals surface area (Å²) < 4.78 is 56.7. The zero-order valence-electron chi connectivity index (χ0n) is 12.7. The Morgan fingerprint density at radius 2 is 2.00 bits per heavy atom. The summed E-state index contributed by atoms with van der Waals surface area (Å²) >= 11 is 0. The molecule has 0 fully saturated rings. The number of ether oxygens (including phenoxy) is 1. The van der Waals surface area contributed by atoms with Crippen molar-refractivity contribution in [3.8, 4) is 5.75 Å². The number of halogens is 4. The molecule has 10 heteroatoms. The van der Waals surface area contributed by atoms with Crippen LogP contribution in [-0.4, -0.2) is 22.4 Å². The summed E-state index contributed by atoms with van der Waals surface area (Å²) in [6, 6.07) is 1.94. The molecule has 0 atom stereocenters. The minimum absolute atomic E-state index is 0.111. The second-order valence-electron chi connectivity index (χ2n) is 4.85. The maximum Gasteiger partial charge on any atom is 0.387 e. The van der Waals surface area contributed by atoms with Gasteiger partial charge in [0.2, 0.25) is 0 Å². The van der Waals surface area contributed by atoms with Crippen molar-refractivity contribution in [2.45, 2.75) is 20.1 Å². The first-order chi connectivity index (χ1) is 11.3. The van der Waals surface area contributed by atoms with Crippen molar-refractivity contribution in [3.63, 3.8) is 0 Å². The van der Waals surface area contributed by atoms with Gasteiger partial charge in [-0.1, -0.05) is 0 Å². The second kappa shape index (κ2) is 7.20. The van der Waals surface area contributed by atoms with E-state index in [9.17, 15) is 22.4 Å². The highest BCUT2D eigenvalue weighted by Gasteiger charge is 2.16. The predicted molar refractivity (Wildman–Crippen MR) is 76.8 cm³/mol. The molecule has 0 unspecified atom stereocenters. The highest BCUT2D eigenvalue weighted by Crippen LogP contribution is 2.26. The van der Waals surface area contributed by atoms with E-state index in [1.807, 2.05) is 0 Å². The Balaban J connectivity index is 2.01. The fourth-order valence-electron chi connectivity index (χ4n) is 1.98. The molecule has 0 aliphatic carbocycles. The molecule has 2 amide bonds. The molecule has 2 aromatic rings. The number of amides is 2. The summed E-state index contributed by atoms with van der Waals surface area (Å²) in [5.41, 5.74) is 0.959. The Hall–Kier alpha value is -2.78. The Morgan fingerprint density at radius 3 is 2.58 bits per heavy atom. The van der Waals surface area contributed by atoms with Crippen LogP contribution in [0.3, 0.4) is 0 Å². The summed E-state index contributed by atoms with van der Waals surface area (Å²) in [5, 5.41) is 8.63. The largest absolute Gasteiger partial charge is 0.432 e. The topological polar surface area (TPSA) is 68.2 Å². The Labute approximate surface area is 134 Å². The zero-order chi connectivity index (χ0) is 17.9. The van der Waals surface area contributed by atoms with Gasteiger partial charge in [-0.25, -0.2) is 13.6 Å². The number of carbonyl (C=O) groups is 1. The van der Waals surface area contributed by atoms with Gasteiger partial charge in [-0.2, -0.15) is 13.9 Å². The van der Waals surface area contributed by atoms with Crippen LogP contribution in [0.25, 0.3) is 0 Å². The minimum atomic E-state index is -3.29. The molecule has 1 heterocycles. The maximum atomic E-state index is 13.7. The molecular formula is C14H14F4N4O2. The van der Waals surface area contributed by atoms with Gasteiger partial charge in [-0.15, -0.1) is 0 Å². The van der Waals surface area contributed by atoms with Gasteiger partial charge in [-0.05, 0) is 13.0 Å². The third-order valence-electron chi connectivity index (χ3n) is 3.01.